The number of benzene rings is 2. The van der Waals surface area contributed by atoms with E-state index in [9.17, 15) is 17.6 Å². The molecule has 1 N–H and O–H groups in total. The zero-order chi connectivity index (χ0) is 23.8. The quantitative estimate of drug-likeness (QED) is 0.605. The molecule has 4 rings (SSSR count). The molecule has 172 valence electrons. The minimum absolute atomic E-state index is 0.0184. The van der Waals surface area contributed by atoms with Gasteiger partial charge < -0.3 is 14.8 Å². The second kappa shape index (κ2) is 8.82. The molecule has 1 aliphatic rings. The highest BCUT2D eigenvalue weighted by Gasteiger charge is 2.21. The average molecular weight is 469 g/mol. The number of likely N-dealkylation sites (tertiary alicyclic amines) is 1. The summed E-state index contributed by atoms with van der Waals surface area (Å²) in [7, 11) is -2.07. The predicted molar refractivity (Wildman–Crippen MR) is 126 cm³/mol. The second-order valence-corrected chi connectivity index (χ2v) is 9.69. The molecule has 7 nitrogen and oxygen atoms in total. The Balaban J connectivity index is 1.59. The highest BCUT2D eigenvalue weighted by Crippen LogP contribution is 2.24. The standard InChI is InChI=1S/C24H25FN4O3S/c1-16-14-22(17(2)29(16)20-11-9-18(25)10-12-20)24(30)26-19-6-4-7-21(15-19)33(31,32)27-23-8-5-13-28(23)3/h4,6-7,9-12,14-15H,5,8,13H2,1-3H3,(H,26,30)/b27-23+. The fourth-order valence-electron chi connectivity index (χ4n) is 4.01. The number of halogens is 1. The molecule has 0 radical (unpaired) electrons. The van der Waals surface area contributed by atoms with Gasteiger partial charge in [0.1, 0.15) is 11.7 Å². The number of nitrogens with one attached hydrogen (secondary N) is 1. The van der Waals surface area contributed by atoms with Crippen molar-refractivity contribution in [3.8, 4) is 5.69 Å². The van der Waals surface area contributed by atoms with Crippen molar-refractivity contribution in [1.29, 1.82) is 0 Å². The van der Waals surface area contributed by atoms with E-state index >= 15 is 0 Å². The summed E-state index contributed by atoms with van der Waals surface area (Å²) >= 11 is 0. The van der Waals surface area contributed by atoms with Crippen LogP contribution in [0.4, 0.5) is 10.1 Å². The number of hydrogen-bond acceptors (Lipinski definition) is 3. The summed E-state index contributed by atoms with van der Waals surface area (Å²) in [6.07, 6.45) is 1.49. The van der Waals surface area contributed by atoms with Gasteiger partial charge in [-0.3, -0.25) is 4.79 Å². The van der Waals surface area contributed by atoms with E-state index in [4.69, 9.17) is 0 Å². The molecule has 1 aliphatic heterocycles. The van der Waals surface area contributed by atoms with E-state index in [0.717, 1.165) is 24.3 Å². The number of anilines is 1. The van der Waals surface area contributed by atoms with Crippen LogP contribution < -0.4 is 5.32 Å². The maximum absolute atomic E-state index is 13.3. The van der Waals surface area contributed by atoms with Gasteiger partial charge in [-0.25, -0.2) is 4.39 Å². The van der Waals surface area contributed by atoms with Crippen LogP contribution in [0.2, 0.25) is 0 Å². The van der Waals surface area contributed by atoms with Crippen molar-refractivity contribution in [2.45, 2.75) is 31.6 Å². The van der Waals surface area contributed by atoms with Gasteiger partial charge in [-0.15, -0.1) is 4.40 Å². The van der Waals surface area contributed by atoms with Crippen molar-refractivity contribution < 1.29 is 17.6 Å². The van der Waals surface area contributed by atoms with Crippen molar-refractivity contribution in [2.75, 3.05) is 18.9 Å². The first-order valence-corrected chi connectivity index (χ1v) is 12.0. The molecule has 3 aromatic rings. The number of rotatable bonds is 5. The molecule has 1 saturated heterocycles. The molecule has 0 aliphatic carbocycles. The summed E-state index contributed by atoms with van der Waals surface area (Å²) in [6.45, 7) is 4.45. The van der Waals surface area contributed by atoms with Crippen LogP contribution >= 0.6 is 0 Å². The number of aromatic nitrogens is 1. The van der Waals surface area contributed by atoms with Crippen LogP contribution in [0.1, 0.15) is 34.6 Å². The molecule has 0 unspecified atom stereocenters. The van der Waals surface area contributed by atoms with Gasteiger partial charge in [-0.1, -0.05) is 6.07 Å². The van der Waals surface area contributed by atoms with Crippen LogP contribution in [-0.4, -0.2) is 43.2 Å². The normalized spacial score (nSPS) is 15.3. The third-order valence-corrected chi connectivity index (χ3v) is 7.01. The lowest BCUT2D eigenvalue weighted by Gasteiger charge is -2.12. The number of carbonyl (C=O) groups is 1. The topological polar surface area (TPSA) is 83.8 Å². The van der Waals surface area contributed by atoms with Crippen molar-refractivity contribution in [3.63, 3.8) is 0 Å². The van der Waals surface area contributed by atoms with Crippen molar-refractivity contribution in [2.24, 2.45) is 4.40 Å². The smallest absolute Gasteiger partial charge is 0.284 e. The SMILES string of the molecule is Cc1cc(C(=O)Nc2cccc(S(=O)(=O)/N=C3\CCCN3C)c2)c(C)n1-c1ccc(F)cc1. The van der Waals surface area contributed by atoms with E-state index in [0.29, 0.717) is 29.2 Å². The number of carbonyl (C=O) groups excluding carboxylic acids is 1. The Hall–Kier alpha value is -3.46. The van der Waals surface area contributed by atoms with Crippen LogP contribution in [0, 0.1) is 19.7 Å². The Kier molecular flexibility index (Phi) is 6.07. The Labute approximate surface area is 192 Å². The van der Waals surface area contributed by atoms with E-state index in [1.807, 2.05) is 23.4 Å². The van der Waals surface area contributed by atoms with E-state index in [1.165, 1.54) is 24.3 Å². The van der Waals surface area contributed by atoms with Gasteiger partial charge in [0.05, 0.1) is 10.5 Å². The van der Waals surface area contributed by atoms with Crippen LogP contribution in [0.15, 0.2) is 63.9 Å². The van der Waals surface area contributed by atoms with Crippen molar-refractivity contribution in [1.82, 2.24) is 9.47 Å². The molecule has 2 heterocycles. The summed E-state index contributed by atoms with van der Waals surface area (Å²) in [4.78, 5) is 14.9. The average Bonchev–Trinajstić information content (AvgIpc) is 3.30. The Morgan fingerprint density at radius 2 is 1.82 bits per heavy atom. The zero-order valence-electron chi connectivity index (χ0n) is 18.7. The molecule has 33 heavy (non-hydrogen) atoms. The molecule has 9 heteroatoms. The predicted octanol–water partition coefficient (Wildman–Crippen LogP) is 4.30. The van der Waals surface area contributed by atoms with Gasteiger partial charge in [0.2, 0.25) is 0 Å². The minimum atomic E-state index is -3.89. The molecule has 0 saturated carbocycles. The lowest BCUT2D eigenvalue weighted by atomic mass is 10.2. The van der Waals surface area contributed by atoms with Gasteiger partial charge in [-0.2, -0.15) is 8.42 Å². The molecule has 2 aromatic carbocycles. The van der Waals surface area contributed by atoms with Crippen LogP contribution in [0.25, 0.3) is 5.69 Å². The second-order valence-electron chi connectivity index (χ2n) is 8.09. The lowest BCUT2D eigenvalue weighted by molar-refractivity contribution is 0.102. The summed E-state index contributed by atoms with van der Waals surface area (Å²) < 4.78 is 44.7. The molecular weight excluding hydrogens is 443 g/mol. The van der Waals surface area contributed by atoms with Crippen LogP contribution in [0.3, 0.4) is 0 Å². The largest absolute Gasteiger partial charge is 0.362 e. The van der Waals surface area contributed by atoms with Crippen molar-refractivity contribution in [3.05, 3.63) is 77.4 Å². The van der Waals surface area contributed by atoms with Gasteiger partial charge in [0, 0.05) is 42.8 Å². The molecule has 0 spiro atoms. The monoisotopic (exact) mass is 468 g/mol. The van der Waals surface area contributed by atoms with Crippen molar-refractivity contribution >= 4 is 27.5 Å². The number of aryl methyl sites for hydroxylation is 1. The zero-order valence-corrected chi connectivity index (χ0v) is 19.5. The third-order valence-electron chi connectivity index (χ3n) is 5.71. The van der Waals surface area contributed by atoms with Crippen LogP contribution in [0.5, 0.6) is 0 Å². The maximum Gasteiger partial charge on any atom is 0.284 e. The van der Waals surface area contributed by atoms with Gasteiger partial charge in [0.15, 0.2) is 0 Å². The fraction of sp³-hybridized carbons (Fsp3) is 0.250. The first kappa shape index (κ1) is 22.7. The summed E-state index contributed by atoms with van der Waals surface area (Å²) in [5, 5.41) is 2.78. The minimum Gasteiger partial charge on any atom is -0.362 e. The fourth-order valence-corrected chi connectivity index (χ4v) is 5.15. The highest BCUT2D eigenvalue weighted by atomic mass is 32.2. The third kappa shape index (κ3) is 4.68. The molecule has 1 amide bonds. The van der Waals surface area contributed by atoms with Gasteiger partial charge in [0.25, 0.3) is 15.9 Å². The Morgan fingerprint density at radius 3 is 2.48 bits per heavy atom. The van der Waals surface area contributed by atoms with Gasteiger partial charge >= 0.3 is 0 Å². The number of hydrogen-bond donors (Lipinski definition) is 1. The lowest BCUT2D eigenvalue weighted by Crippen LogP contribution is -2.20. The molecule has 1 fully saturated rings. The highest BCUT2D eigenvalue weighted by molar-refractivity contribution is 7.90. The van der Waals surface area contributed by atoms with E-state index in [-0.39, 0.29) is 16.6 Å². The molecular formula is C24H25FN4O3S. The number of amidine groups is 1. The van der Waals surface area contributed by atoms with E-state index < -0.39 is 10.0 Å². The maximum atomic E-state index is 13.3. The van der Waals surface area contributed by atoms with E-state index in [1.54, 1.807) is 37.3 Å². The number of nitrogens with zero attached hydrogens (tertiary/aromatic N) is 3. The first-order valence-electron chi connectivity index (χ1n) is 10.6. The summed E-state index contributed by atoms with van der Waals surface area (Å²) in [5.41, 5.74) is 3.05. The Bertz CT molecular complexity index is 1340. The molecule has 0 atom stereocenters. The number of sulfonamides is 1. The van der Waals surface area contributed by atoms with Crippen LogP contribution in [-0.2, 0) is 10.0 Å². The van der Waals surface area contributed by atoms with E-state index in [2.05, 4.69) is 9.71 Å². The van der Waals surface area contributed by atoms with Gasteiger partial charge in [-0.05, 0) is 68.8 Å². The molecule has 0 bridgehead atoms. The number of amides is 1. The summed E-state index contributed by atoms with van der Waals surface area (Å²) in [6, 6.07) is 13.8. The summed E-state index contributed by atoms with van der Waals surface area (Å²) in [5.74, 6) is -0.163. The Morgan fingerprint density at radius 1 is 1.09 bits per heavy atom. The first-order chi connectivity index (χ1) is 15.7. The molecule has 1 aromatic heterocycles.